The lowest BCUT2D eigenvalue weighted by atomic mass is 9.87. The van der Waals surface area contributed by atoms with E-state index in [1.165, 1.54) is 6.07 Å². The molecule has 0 amide bonds. The Morgan fingerprint density at radius 1 is 1.24 bits per heavy atom. The SMILES string of the molecule is O=[N+]([O-])c1ccccc1NC1CCCc2cc(O)ccc21. The molecule has 1 aliphatic rings. The topological polar surface area (TPSA) is 75.4 Å². The summed E-state index contributed by atoms with van der Waals surface area (Å²) in [5.74, 6) is 0.264. The first-order valence-electron chi connectivity index (χ1n) is 6.97. The van der Waals surface area contributed by atoms with Crippen molar-refractivity contribution in [1.82, 2.24) is 0 Å². The van der Waals surface area contributed by atoms with Crippen molar-refractivity contribution in [1.29, 1.82) is 0 Å². The predicted molar refractivity (Wildman–Crippen MR) is 80.5 cm³/mol. The van der Waals surface area contributed by atoms with E-state index in [-0.39, 0.29) is 22.4 Å². The van der Waals surface area contributed by atoms with Gasteiger partial charge in [-0.25, -0.2) is 0 Å². The van der Waals surface area contributed by atoms with E-state index in [2.05, 4.69) is 5.32 Å². The second-order valence-corrected chi connectivity index (χ2v) is 5.25. The summed E-state index contributed by atoms with van der Waals surface area (Å²) in [4.78, 5) is 10.7. The Morgan fingerprint density at radius 3 is 2.86 bits per heavy atom. The number of nitrogens with zero attached hydrogens (tertiary/aromatic N) is 1. The maximum Gasteiger partial charge on any atom is 0.292 e. The van der Waals surface area contributed by atoms with Gasteiger partial charge in [0.1, 0.15) is 11.4 Å². The molecule has 2 N–H and O–H groups in total. The molecule has 0 fully saturated rings. The molecule has 1 atom stereocenters. The highest BCUT2D eigenvalue weighted by Crippen LogP contribution is 2.36. The predicted octanol–water partition coefficient (Wildman–Crippen LogP) is 3.79. The van der Waals surface area contributed by atoms with Crippen molar-refractivity contribution in [3.63, 3.8) is 0 Å². The van der Waals surface area contributed by atoms with Crippen molar-refractivity contribution in [2.24, 2.45) is 0 Å². The summed E-state index contributed by atoms with van der Waals surface area (Å²) in [6.45, 7) is 0. The fourth-order valence-corrected chi connectivity index (χ4v) is 2.89. The zero-order valence-corrected chi connectivity index (χ0v) is 11.5. The molecule has 0 heterocycles. The molecule has 0 saturated heterocycles. The van der Waals surface area contributed by atoms with Crippen LogP contribution >= 0.6 is 0 Å². The summed E-state index contributed by atoms with van der Waals surface area (Å²) in [6.07, 6.45) is 2.84. The normalized spacial score (nSPS) is 17.0. The second kappa shape index (κ2) is 5.44. The molecule has 5 heteroatoms. The fourth-order valence-electron chi connectivity index (χ4n) is 2.89. The Labute approximate surface area is 122 Å². The Balaban J connectivity index is 1.92. The van der Waals surface area contributed by atoms with Crippen LogP contribution in [0.3, 0.4) is 0 Å². The molecule has 108 valence electrons. The Morgan fingerprint density at radius 2 is 2.05 bits per heavy atom. The number of nitro benzene ring substituents is 1. The molecule has 3 rings (SSSR count). The number of anilines is 1. The third-order valence-electron chi connectivity index (χ3n) is 3.87. The third-order valence-corrected chi connectivity index (χ3v) is 3.87. The summed E-state index contributed by atoms with van der Waals surface area (Å²) >= 11 is 0. The lowest BCUT2D eigenvalue weighted by Gasteiger charge is -2.27. The van der Waals surface area contributed by atoms with Crippen LogP contribution in [-0.2, 0) is 6.42 Å². The van der Waals surface area contributed by atoms with E-state index in [9.17, 15) is 15.2 Å². The molecule has 0 saturated carbocycles. The average molecular weight is 284 g/mol. The van der Waals surface area contributed by atoms with Crippen LogP contribution in [0.4, 0.5) is 11.4 Å². The number of aryl methyl sites for hydroxylation is 1. The van der Waals surface area contributed by atoms with Crippen molar-refractivity contribution in [2.45, 2.75) is 25.3 Å². The summed E-state index contributed by atoms with van der Waals surface area (Å²) in [5, 5.41) is 23.9. The number of nitro groups is 1. The van der Waals surface area contributed by atoms with Crippen molar-refractivity contribution < 1.29 is 10.0 Å². The highest BCUT2D eigenvalue weighted by atomic mass is 16.6. The quantitative estimate of drug-likeness (QED) is 0.664. The van der Waals surface area contributed by atoms with E-state index >= 15 is 0 Å². The van der Waals surface area contributed by atoms with Crippen LogP contribution in [-0.4, -0.2) is 10.0 Å². The molecule has 21 heavy (non-hydrogen) atoms. The van der Waals surface area contributed by atoms with Gasteiger partial charge < -0.3 is 10.4 Å². The first-order valence-corrected chi connectivity index (χ1v) is 6.97. The summed E-state index contributed by atoms with van der Waals surface area (Å²) in [5.41, 5.74) is 2.84. The van der Waals surface area contributed by atoms with E-state index in [4.69, 9.17) is 0 Å². The minimum absolute atomic E-state index is 0.0375. The lowest BCUT2D eigenvalue weighted by Crippen LogP contribution is -2.17. The maximum absolute atomic E-state index is 11.1. The van der Waals surface area contributed by atoms with Gasteiger partial charge in [0, 0.05) is 6.07 Å². The number of benzene rings is 2. The summed E-state index contributed by atoms with van der Waals surface area (Å²) in [6, 6.07) is 12.1. The first kappa shape index (κ1) is 13.4. The zero-order valence-electron chi connectivity index (χ0n) is 11.5. The molecular formula is C16H16N2O3. The number of nitrogens with one attached hydrogen (secondary N) is 1. The number of aromatic hydroxyl groups is 1. The molecule has 1 unspecified atom stereocenters. The summed E-state index contributed by atoms with van der Waals surface area (Å²) < 4.78 is 0. The van der Waals surface area contributed by atoms with Crippen LogP contribution in [0.1, 0.15) is 30.0 Å². The molecule has 2 aromatic carbocycles. The fraction of sp³-hybridized carbons (Fsp3) is 0.250. The van der Waals surface area contributed by atoms with Crippen LogP contribution in [0, 0.1) is 10.1 Å². The van der Waals surface area contributed by atoms with Gasteiger partial charge in [0.05, 0.1) is 11.0 Å². The van der Waals surface area contributed by atoms with Gasteiger partial charge in [-0.1, -0.05) is 18.2 Å². The van der Waals surface area contributed by atoms with Crippen molar-refractivity contribution in [3.8, 4) is 5.75 Å². The van der Waals surface area contributed by atoms with Gasteiger partial charge in [0.25, 0.3) is 5.69 Å². The van der Waals surface area contributed by atoms with E-state index in [0.717, 1.165) is 30.4 Å². The highest BCUT2D eigenvalue weighted by Gasteiger charge is 2.23. The van der Waals surface area contributed by atoms with Gasteiger partial charge >= 0.3 is 0 Å². The van der Waals surface area contributed by atoms with Crippen LogP contribution in [0.2, 0.25) is 0 Å². The number of hydrogen-bond acceptors (Lipinski definition) is 4. The van der Waals surface area contributed by atoms with Crippen molar-refractivity contribution in [2.75, 3.05) is 5.32 Å². The molecule has 5 nitrogen and oxygen atoms in total. The largest absolute Gasteiger partial charge is 0.508 e. The number of para-hydroxylation sites is 2. The smallest absolute Gasteiger partial charge is 0.292 e. The zero-order chi connectivity index (χ0) is 14.8. The minimum Gasteiger partial charge on any atom is -0.508 e. The summed E-state index contributed by atoms with van der Waals surface area (Å²) in [7, 11) is 0. The van der Waals surface area contributed by atoms with E-state index < -0.39 is 0 Å². The van der Waals surface area contributed by atoms with Crippen LogP contribution in [0.5, 0.6) is 5.75 Å². The van der Waals surface area contributed by atoms with Crippen molar-refractivity contribution >= 4 is 11.4 Å². The Hall–Kier alpha value is -2.56. The molecule has 2 aromatic rings. The minimum atomic E-state index is -0.372. The van der Waals surface area contributed by atoms with Crippen LogP contribution in [0.15, 0.2) is 42.5 Å². The monoisotopic (exact) mass is 284 g/mol. The molecular weight excluding hydrogens is 268 g/mol. The van der Waals surface area contributed by atoms with Gasteiger partial charge in [0.2, 0.25) is 0 Å². The number of phenols is 1. The number of fused-ring (bicyclic) bond motifs is 1. The second-order valence-electron chi connectivity index (χ2n) is 5.25. The Kier molecular flexibility index (Phi) is 3.48. The number of hydrogen-bond donors (Lipinski definition) is 2. The highest BCUT2D eigenvalue weighted by molar-refractivity contribution is 5.62. The molecule has 0 spiro atoms. The maximum atomic E-state index is 11.1. The molecule has 1 aliphatic carbocycles. The van der Waals surface area contributed by atoms with Gasteiger partial charge in [-0.15, -0.1) is 0 Å². The van der Waals surface area contributed by atoms with Crippen LogP contribution < -0.4 is 5.32 Å². The standard InChI is InChI=1S/C16H16N2O3/c19-12-8-9-13-11(10-12)4-3-6-14(13)17-15-5-1-2-7-16(15)18(20)21/h1-2,5,7-10,14,17,19H,3-4,6H2. The Bertz CT molecular complexity index is 685. The number of phenolic OH excluding ortho intramolecular Hbond substituents is 1. The van der Waals surface area contributed by atoms with Crippen molar-refractivity contribution in [3.05, 3.63) is 63.7 Å². The van der Waals surface area contributed by atoms with Gasteiger partial charge in [0.15, 0.2) is 0 Å². The van der Waals surface area contributed by atoms with Crippen LogP contribution in [0.25, 0.3) is 0 Å². The van der Waals surface area contributed by atoms with E-state index in [1.807, 2.05) is 6.07 Å². The van der Waals surface area contributed by atoms with Gasteiger partial charge in [-0.2, -0.15) is 0 Å². The van der Waals surface area contributed by atoms with E-state index in [1.54, 1.807) is 30.3 Å². The molecule has 0 radical (unpaired) electrons. The molecule has 0 bridgehead atoms. The molecule has 0 aromatic heterocycles. The van der Waals surface area contributed by atoms with E-state index in [0.29, 0.717) is 5.69 Å². The average Bonchev–Trinajstić information content (AvgIpc) is 2.47. The third kappa shape index (κ3) is 2.67. The lowest BCUT2D eigenvalue weighted by molar-refractivity contribution is -0.384. The first-order chi connectivity index (χ1) is 10.1. The van der Waals surface area contributed by atoms with Gasteiger partial charge in [-0.05, 0) is 48.6 Å². The number of rotatable bonds is 3. The van der Waals surface area contributed by atoms with Gasteiger partial charge in [-0.3, -0.25) is 10.1 Å². The molecule has 0 aliphatic heterocycles.